The average molecular weight is 744 g/mol. The van der Waals surface area contributed by atoms with E-state index in [0.29, 0.717) is 11.1 Å². The zero-order valence-electron chi connectivity index (χ0n) is 28.0. The number of carboxylic acid groups (broad SMARTS) is 1. The number of carboxylic acids is 1. The summed E-state index contributed by atoms with van der Waals surface area (Å²) in [5, 5.41) is 16.7. The average Bonchev–Trinajstić information content (AvgIpc) is 3.73. The third kappa shape index (κ3) is 7.58. The molecule has 0 fully saturated rings. The zero-order valence-corrected chi connectivity index (χ0v) is 28.8. The molecule has 1 unspecified atom stereocenters. The fraction of sp³-hybridized carbons (Fsp3) is 0.306. The molecule has 4 bridgehead atoms. The molecule has 274 valence electrons. The van der Waals surface area contributed by atoms with E-state index in [1.807, 2.05) is 0 Å². The van der Waals surface area contributed by atoms with Crippen LogP contribution in [0, 0.1) is 23.4 Å². The van der Waals surface area contributed by atoms with Gasteiger partial charge in [0.2, 0.25) is 5.82 Å². The van der Waals surface area contributed by atoms with Crippen LogP contribution in [0.25, 0.3) is 22.3 Å². The molecule has 2 aromatic heterocycles. The Kier molecular flexibility index (Phi) is 9.98. The molecule has 1 aliphatic rings. The van der Waals surface area contributed by atoms with Crippen molar-refractivity contribution in [3.05, 3.63) is 107 Å². The van der Waals surface area contributed by atoms with Crippen LogP contribution in [-0.2, 0) is 34.5 Å². The van der Waals surface area contributed by atoms with Gasteiger partial charge in [0.25, 0.3) is 5.92 Å². The minimum Gasteiger partial charge on any atom is -0.478 e. The van der Waals surface area contributed by atoms with Crippen LogP contribution >= 0.6 is 0 Å². The number of hydrogen-bond acceptors (Lipinski definition) is 7. The van der Waals surface area contributed by atoms with Crippen molar-refractivity contribution in [2.75, 3.05) is 18.1 Å². The monoisotopic (exact) mass is 743 g/mol. The third-order valence-corrected chi connectivity index (χ3v) is 10.7. The van der Waals surface area contributed by atoms with Crippen LogP contribution in [0.1, 0.15) is 41.9 Å². The number of nitrogens with zero attached hydrogens (tertiary/aromatic N) is 3. The van der Waals surface area contributed by atoms with Crippen molar-refractivity contribution in [3.63, 3.8) is 0 Å². The Morgan fingerprint density at radius 1 is 1.13 bits per heavy atom. The first-order valence-electron chi connectivity index (χ1n) is 16.2. The van der Waals surface area contributed by atoms with Gasteiger partial charge in [-0.05, 0) is 54.2 Å². The summed E-state index contributed by atoms with van der Waals surface area (Å²) >= 11 is 0. The van der Waals surface area contributed by atoms with Gasteiger partial charge in [0, 0.05) is 36.2 Å². The van der Waals surface area contributed by atoms with E-state index in [4.69, 9.17) is 4.74 Å². The molecule has 0 saturated carbocycles. The van der Waals surface area contributed by atoms with Crippen molar-refractivity contribution < 1.29 is 45.0 Å². The number of rotatable bonds is 5. The maximum absolute atomic E-state index is 15.6. The number of hydrogen-bond donors (Lipinski definition) is 3. The highest BCUT2D eigenvalue weighted by Crippen LogP contribution is 2.39. The number of H-pyrrole nitrogens is 1. The summed E-state index contributed by atoms with van der Waals surface area (Å²) in [6.45, 7) is 4.31. The van der Waals surface area contributed by atoms with Crippen molar-refractivity contribution >= 4 is 26.7 Å². The minimum atomic E-state index is -4.16. The van der Waals surface area contributed by atoms with Crippen LogP contribution in [0.15, 0.2) is 66.9 Å². The predicted molar refractivity (Wildman–Crippen MR) is 183 cm³/mol. The third-order valence-electron chi connectivity index (χ3n) is 9.10. The Morgan fingerprint density at radius 2 is 1.90 bits per heavy atom. The number of carbonyl (C=O) groups is 1. The number of sulfone groups is 1. The Hall–Kier alpha value is -5.09. The number of benzene rings is 3. The molecule has 1 aliphatic heterocycles. The molecule has 3 aromatic carbocycles. The summed E-state index contributed by atoms with van der Waals surface area (Å²) in [5.74, 6) is -11.1. The smallest absolute Gasteiger partial charge is 0.331 e. The number of aromatic amines is 1. The topological polar surface area (TPSA) is 139 Å². The molecule has 0 amide bonds. The molecule has 2 atom stereocenters. The second-order valence-electron chi connectivity index (χ2n) is 12.9. The second-order valence-corrected chi connectivity index (χ2v) is 15.2. The second kappa shape index (κ2) is 14.1. The number of alkyl halides is 2. The van der Waals surface area contributed by atoms with Crippen molar-refractivity contribution in [1.29, 1.82) is 0 Å². The van der Waals surface area contributed by atoms with Crippen molar-refractivity contribution in [2.45, 2.75) is 38.2 Å². The van der Waals surface area contributed by atoms with E-state index in [1.165, 1.54) is 36.1 Å². The van der Waals surface area contributed by atoms with Gasteiger partial charge in [0.05, 0.1) is 35.2 Å². The van der Waals surface area contributed by atoms with Crippen LogP contribution < -0.4 is 10.1 Å². The van der Waals surface area contributed by atoms with Gasteiger partial charge < -0.3 is 14.8 Å². The van der Waals surface area contributed by atoms with E-state index >= 15 is 22.0 Å². The van der Waals surface area contributed by atoms with Gasteiger partial charge in [-0.2, -0.15) is 9.49 Å². The lowest BCUT2D eigenvalue weighted by Gasteiger charge is -2.22. The number of aliphatic carboxylic acids is 1. The fourth-order valence-corrected chi connectivity index (χ4v) is 7.52. The highest BCUT2D eigenvalue weighted by atomic mass is 32.2. The molecule has 52 heavy (non-hydrogen) atoms. The molecule has 10 nitrogen and oxygen atoms in total. The van der Waals surface area contributed by atoms with E-state index in [2.05, 4.69) is 27.0 Å². The maximum Gasteiger partial charge on any atom is 0.331 e. The number of nitrogens with one attached hydrogen (secondary N) is 2. The van der Waals surface area contributed by atoms with Crippen molar-refractivity contribution in [3.8, 4) is 22.9 Å². The molecular formula is C36H34F5N5O5S. The predicted octanol–water partition coefficient (Wildman–Crippen LogP) is 6.67. The van der Waals surface area contributed by atoms with E-state index in [1.54, 1.807) is 31.2 Å². The Morgan fingerprint density at radius 3 is 2.65 bits per heavy atom. The number of fused-ring (bicyclic) bond motifs is 8. The highest BCUT2D eigenvalue weighted by molar-refractivity contribution is 7.91. The van der Waals surface area contributed by atoms with E-state index in [0.717, 1.165) is 6.07 Å². The Bertz CT molecular complexity index is 2310. The molecule has 3 N–H and O–H groups in total. The van der Waals surface area contributed by atoms with Gasteiger partial charge in [-0.25, -0.2) is 40.4 Å². The first-order valence-corrected chi connectivity index (χ1v) is 18.0. The molecule has 0 saturated heterocycles. The van der Waals surface area contributed by atoms with Gasteiger partial charge >= 0.3 is 5.97 Å². The van der Waals surface area contributed by atoms with Crippen LogP contribution in [0.3, 0.4) is 0 Å². The Labute approximate surface area is 295 Å². The largest absolute Gasteiger partial charge is 0.478 e. The first kappa shape index (κ1) is 36.7. The number of aromatic nitrogens is 4. The standard InChI is InChI=1S/C36H34F5N5O5S/c1-19(20(2)35(47)48)15-21-5-4-6-22(16-21)30-33-44-34(46(3)45-33)26-17-23(7-8-27(26)37)51-32-25(24-9-12-42-31(24)28(38)29(32)39)10-13-52(49,50)14-11-36(40,41)18-43-30/h4-9,12,16-17,19,30,42-43H,2,10-11,13-15,18H2,1,3H3,(H,47,48)/t19-,30?/m1/s1. The van der Waals surface area contributed by atoms with Crippen LogP contribution in [0.5, 0.6) is 11.5 Å². The van der Waals surface area contributed by atoms with Gasteiger partial charge in [-0.1, -0.05) is 37.8 Å². The van der Waals surface area contributed by atoms with Gasteiger partial charge in [0.1, 0.15) is 11.6 Å². The van der Waals surface area contributed by atoms with E-state index in [-0.39, 0.29) is 51.4 Å². The molecule has 3 heterocycles. The minimum absolute atomic E-state index is 0.00674. The fourth-order valence-electron chi connectivity index (χ4n) is 6.19. The zero-order chi connectivity index (χ0) is 37.5. The summed E-state index contributed by atoms with van der Waals surface area (Å²) < 4.78 is 110. The quantitative estimate of drug-likeness (QED) is 0.134. The van der Waals surface area contributed by atoms with Gasteiger partial charge in [-0.15, -0.1) is 0 Å². The molecule has 5 aromatic rings. The van der Waals surface area contributed by atoms with Gasteiger partial charge in [-0.3, -0.25) is 5.32 Å². The summed E-state index contributed by atoms with van der Waals surface area (Å²) in [5.41, 5.74) is 0.664. The van der Waals surface area contributed by atoms with Crippen molar-refractivity contribution in [1.82, 2.24) is 25.1 Å². The SMILES string of the molecule is C=C(C(=O)O)[C@H](C)Cc1cccc(C2NCC(F)(F)CCS(=O)(=O)CCc3c(c(F)c(F)c4[nH]ccc34)Oc3ccc(F)c(c3)-c3nc2nn3C)c1. The normalized spacial score (nSPS) is 18.1. The number of ether oxygens (including phenoxy) is 1. The first-order chi connectivity index (χ1) is 24.5. The molecule has 0 aliphatic carbocycles. The van der Waals surface area contributed by atoms with Crippen LogP contribution in [-0.4, -0.2) is 63.2 Å². The van der Waals surface area contributed by atoms with Crippen LogP contribution in [0.2, 0.25) is 0 Å². The molecule has 0 radical (unpaired) electrons. The lowest BCUT2D eigenvalue weighted by Crippen LogP contribution is -2.37. The van der Waals surface area contributed by atoms with Crippen LogP contribution in [0.4, 0.5) is 22.0 Å². The molecule has 0 spiro atoms. The maximum atomic E-state index is 15.6. The van der Waals surface area contributed by atoms with E-state index in [9.17, 15) is 18.3 Å². The van der Waals surface area contributed by atoms with Gasteiger partial charge in [0.15, 0.2) is 33.1 Å². The lowest BCUT2D eigenvalue weighted by molar-refractivity contribution is -0.133. The highest BCUT2D eigenvalue weighted by Gasteiger charge is 2.34. The summed E-state index contributed by atoms with van der Waals surface area (Å²) in [4.78, 5) is 18.5. The molecule has 16 heteroatoms. The summed E-state index contributed by atoms with van der Waals surface area (Å²) in [6.07, 6.45) is 0.150. The number of halogens is 5. The number of aryl methyl sites for hydroxylation is 2. The lowest BCUT2D eigenvalue weighted by atomic mass is 9.92. The molecular weight excluding hydrogens is 709 g/mol. The van der Waals surface area contributed by atoms with Crippen molar-refractivity contribution in [2.24, 2.45) is 13.0 Å². The summed E-state index contributed by atoms with van der Waals surface area (Å²) in [7, 11) is -2.70. The Balaban J connectivity index is 1.47. The summed E-state index contributed by atoms with van der Waals surface area (Å²) in [6, 6.07) is 10.4. The van der Waals surface area contributed by atoms with E-state index < -0.39 is 87.8 Å². The molecule has 6 rings (SSSR count).